The van der Waals surface area contributed by atoms with Gasteiger partial charge in [0.15, 0.2) is 17.6 Å². The van der Waals surface area contributed by atoms with Crippen LogP contribution in [0.25, 0.3) is 10.8 Å². The van der Waals surface area contributed by atoms with Gasteiger partial charge >= 0.3 is 6.09 Å². The number of piperidine rings is 1. The van der Waals surface area contributed by atoms with Gasteiger partial charge < -0.3 is 49.8 Å². The van der Waals surface area contributed by atoms with Crippen LogP contribution in [-0.2, 0) is 14.3 Å². The Kier molecular flexibility index (Phi) is 13.9. The van der Waals surface area contributed by atoms with Gasteiger partial charge in [0.25, 0.3) is 5.91 Å². The largest absolute Gasteiger partial charge is 0.507 e. The lowest BCUT2D eigenvalue weighted by Gasteiger charge is -2.42. The van der Waals surface area contributed by atoms with Gasteiger partial charge in [-0.2, -0.15) is 0 Å². The van der Waals surface area contributed by atoms with E-state index in [9.17, 15) is 34.8 Å². The number of amides is 2. The van der Waals surface area contributed by atoms with Gasteiger partial charge in [-0.3, -0.25) is 19.5 Å². The Morgan fingerprint density at radius 3 is 2.24 bits per heavy atom. The molecule has 7 atom stereocenters. The Morgan fingerprint density at radius 2 is 1.59 bits per heavy atom. The summed E-state index contributed by atoms with van der Waals surface area (Å²) in [6, 6.07) is 0. The van der Waals surface area contributed by atoms with E-state index in [0.717, 1.165) is 25.9 Å². The number of aliphatic hydroxyl groups excluding tert-OH is 1. The average Bonchev–Trinajstić information content (AvgIpc) is 3.92. The van der Waals surface area contributed by atoms with Gasteiger partial charge in [0, 0.05) is 86.5 Å². The molecule has 1 saturated carbocycles. The lowest BCUT2D eigenvalue weighted by Crippen LogP contribution is -2.55. The van der Waals surface area contributed by atoms with Gasteiger partial charge in [-0.1, -0.05) is 58.1 Å². The minimum absolute atomic E-state index is 0.000529. The smallest absolute Gasteiger partial charge is 0.410 e. The molecular formula is C52H72N6O10. The van der Waals surface area contributed by atoms with Crippen LogP contribution in [0.1, 0.15) is 109 Å². The number of ether oxygens (including phenoxy) is 3. The molecule has 2 saturated heterocycles. The molecule has 7 aliphatic rings. The highest BCUT2D eigenvalue weighted by atomic mass is 16.6. The summed E-state index contributed by atoms with van der Waals surface area (Å²) in [5.74, 6) is -3.64. The van der Waals surface area contributed by atoms with Crippen LogP contribution in [0.4, 0.5) is 10.5 Å². The zero-order valence-electron chi connectivity index (χ0n) is 41.3. The Hall–Kier alpha value is -4.87. The summed E-state index contributed by atoms with van der Waals surface area (Å²) >= 11 is 0. The first-order chi connectivity index (χ1) is 32.2. The van der Waals surface area contributed by atoms with Crippen LogP contribution in [0, 0.1) is 30.6 Å². The highest BCUT2D eigenvalue weighted by Gasteiger charge is 2.49. The third kappa shape index (κ3) is 9.68. The summed E-state index contributed by atoms with van der Waals surface area (Å²) in [5, 5.41) is 49.1. The second-order valence-electron chi connectivity index (χ2n) is 21.2. The van der Waals surface area contributed by atoms with Gasteiger partial charge in [0.1, 0.15) is 34.0 Å². The molecule has 16 nitrogen and oxygen atoms in total. The van der Waals surface area contributed by atoms with Crippen LogP contribution in [0.5, 0.6) is 17.2 Å². The van der Waals surface area contributed by atoms with Crippen molar-refractivity contribution < 1.29 is 49.0 Å². The maximum atomic E-state index is 14.6. The number of anilines is 1. The molecule has 16 heteroatoms. The summed E-state index contributed by atoms with van der Waals surface area (Å²) in [4.78, 5) is 58.5. The summed E-state index contributed by atoms with van der Waals surface area (Å²) in [7, 11) is 2.04. The number of nitrogens with one attached hydrogen (secondary N) is 1. The molecule has 2 unspecified atom stereocenters. The number of rotatable bonds is 5. The molecule has 6 aliphatic heterocycles. The standard InChI is InChI=1S/C52H72N6O10/c1-29-13-12-15-31(3)48(63)53-41-40-39(54-52(55-40)19-21-56(9)22-20-52)36-37(44(41)62)42(60)33(5)47-38(36)43(61)35(66-47)16-11-10-14-30(2)45(34(6)46(32(4)27-29)68-50(7,8)65)67-49(64)57-23-25-58(26-24-57)51(28-59)17-18-51/h10-13,15,29-30,32,34-35,45-46,54,59-60,62,65H,14,16-28H2,1-9H3/b11-10+,13-12+,31-15-,53-41?/t29-,30+,32+,34-,35+,45?,46?/m0/s1. The first-order valence-electron chi connectivity index (χ1n) is 24.6. The van der Waals surface area contributed by atoms with Gasteiger partial charge in [0.05, 0.1) is 29.3 Å². The third-order valence-electron chi connectivity index (χ3n) is 15.4. The Labute approximate surface area is 399 Å². The summed E-state index contributed by atoms with van der Waals surface area (Å²) < 4.78 is 19.4. The number of carbonyl (C=O) groups excluding carboxylic acids is 3. The molecule has 1 spiro atoms. The first kappa shape index (κ1) is 49.5. The van der Waals surface area contributed by atoms with E-state index in [1.165, 1.54) is 0 Å². The minimum atomic E-state index is -1.49. The number of likely N-dealkylation sites (tertiary alicyclic amines) is 1. The van der Waals surface area contributed by atoms with Gasteiger partial charge in [-0.25, -0.2) is 9.79 Å². The molecule has 5 N–H and O–H groups in total. The SMILES string of the molecule is C/C1=C/C=C/[C@H](C)C[C@@H](C)C(OC(C)(C)O)[C@@H](C)C(OC(=O)N2CCN(C3(CO)CC3)CC2)[C@H](C)C/C=C/C[C@H]2Oc3c(C)c(O)c4c(O)c(c5c(c4c3C2=O)NC2(CCN(C)CC2)N=5)=NC1=O. The average molecular weight is 941 g/mol. The Morgan fingerprint density at radius 1 is 0.912 bits per heavy atom. The summed E-state index contributed by atoms with van der Waals surface area (Å²) in [6.07, 6.45) is 11.3. The van der Waals surface area contributed by atoms with Crippen LogP contribution in [0.3, 0.4) is 0 Å². The highest BCUT2D eigenvalue weighted by Crippen LogP contribution is 2.50. The molecule has 68 heavy (non-hydrogen) atoms. The van der Waals surface area contributed by atoms with E-state index in [1.807, 2.05) is 45.2 Å². The number of hydrogen-bond acceptors (Lipinski definition) is 14. The fraction of sp³-hybridized carbons (Fsp3) is 0.635. The molecule has 0 aromatic heterocycles. The van der Waals surface area contributed by atoms with E-state index in [0.29, 0.717) is 63.1 Å². The van der Waals surface area contributed by atoms with E-state index in [2.05, 4.69) is 34.0 Å². The van der Waals surface area contributed by atoms with Crippen molar-refractivity contribution in [3.8, 4) is 17.2 Å². The van der Waals surface area contributed by atoms with E-state index >= 15 is 0 Å². The topological polar surface area (TPSA) is 206 Å². The fourth-order valence-electron chi connectivity index (χ4n) is 11.1. The number of fused-ring (bicyclic) bond motifs is 13. The van der Waals surface area contributed by atoms with Crippen molar-refractivity contribution >= 4 is 34.2 Å². The molecule has 1 aliphatic carbocycles. The summed E-state index contributed by atoms with van der Waals surface area (Å²) in [6.45, 7) is 18.5. The number of carbonyl (C=O) groups is 3. The number of hydrogen-bond donors (Lipinski definition) is 5. The molecular weight excluding hydrogens is 869 g/mol. The predicted octanol–water partition coefficient (Wildman–Crippen LogP) is 5.66. The number of phenolic OH excluding ortho intramolecular Hbond substituents is 2. The van der Waals surface area contributed by atoms with Crippen molar-refractivity contribution in [1.82, 2.24) is 14.7 Å². The van der Waals surface area contributed by atoms with Gasteiger partial charge in [-0.15, -0.1) is 0 Å². The van der Waals surface area contributed by atoms with E-state index in [4.69, 9.17) is 19.2 Å². The first-order valence-corrected chi connectivity index (χ1v) is 24.6. The van der Waals surface area contributed by atoms with E-state index in [-0.39, 0.29) is 92.1 Å². The van der Waals surface area contributed by atoms with Gasteiger partial charge in [-0.05, 0) is 78.2 Å². The zero-order chi connectivity index (χ0) is 49.0. The minimum Gasteiger partial charge on any atom is -0.507 e. The summed E-state index contributed by atoms with van der Waals surface area (Å²) in [5.41, 5.74) is 0.266. The molecule has 5 bridgehead atoms. The maximum Gasteiger partial charge on any atom is 0.410 e. The number of aromatic hydroxyl groups is 2. The van der Waals surface area contributed by atoms with Crippen molar-refractivity contribution in [3.63, 3.8) is 0 Å². The van der Waals surface area contributed by atoms with Crippen molar-refractivity contribution in [2.75, 3.05) is 58.2 Å². The van der Waals surface area contributed by atoms with Crippen molar-refractivity contribution in [1.29, 1.82) is 0 Å². The molecule has 370 valence electrons. The Balaban J connectivity index is 1.17. The molecule has 2 amide bonds. The van der Waals surface area contributed by atoms with Crippen LogP contribution in [0.2, 0.25) is 0 Å². The maximum absolute atomic E-state index is 14.6. The normalized spacial score (nSPS) is 30.8. The van der Waals surface area contributed by atoms with Crippen molar-refractivity contribution in [2.45, 2.75) is 136 Å². The molecule has 2 aromatic carbocycles. The molecule has 6 heterocycles. The van der Waals surface area contributed by atoms with E-state index in [1.54, 1.807) is 38.7 Å². The second kappa shape index (κ2) is 19.1. The number of phenols is 2. The molecule has 9 rings (SSSR count). The number of ketones is 1. The number of Topliss-reactive ketones (excluding diaryl/α,β-unsaturated/α-hetero) is 1. The zero-order valence-corrected chi connectivity index (χ0v) is 41.3. The van der Waals surface area contributed by atoms with E-state index < -0.39 is 47.5 Å². The van der Waals surface area contributed by atoms with Crippen molar-refractivity contribution in [3.05, 3.63) is 57.8 Å². The lowest BCUT2D eigenvalue weighted by atomic mass is 9.80. The van der Waals surface area contributed by atoms with Crippen LogP contribution in [0.15, 0.2) is 45.9 Å². The number of piperazine rings is 1. The number of benzene rings is 2. The van der Waals surface area contributed by atoms with Gasteiger partial charge in [0.2, 0.25) is 5.78 Å². The number of allylic oxidation sites excluding steroid dienone is 4. The lowest BCUT2D eigenvalue weighted by molar-refractivity contribution is -0.235. The fourth-order valence-corrected chi connectivity index (χ4v) is 11.1. The second-order valence-corrected chi connectivity index (χ2v) is 21.2. The van der Waals surface area contributed by atoms with Crippen LogP contribution < -0.4 is 20.8 Å². The van der Waals surface area contributed by atoms with Crippen LogP contribution >= 0.6 is 0 Å². The van der Waals surface area contributed by atoms with Crippen molar-refractivity contribution in [2.24, 2.45) is 33.7 Å². The Bertz CT molecular complexity index is 2530. The predicted molar refractivity (Wildman–Crippen MR) is 257 cm³/mol. The van der Waals surface area contributed by atoms with Crippen LogP contribution in [-0.4, -0.2) is 141 Å². The molecule has 2 aromatic rings. The third-order valence-corrected chi connectivity index (χ3v) is 15.4. The molecule has 3 fully saturated rings. The number of nitrogens with zero attached hydrogens (tertiary/aromatic N) is 5. The quantitative estimate of drug-likeness (QED) is 0.140. The number of aliphatic hydroxyl groups is 2. The highest BCUT2D eigenvalue weighted by molar-refractivity contribution is 6.21. The monoisotopic (exact) mass is 941 g/mol. The molecule has 0 radical (unpaired) electrons.